The zero-order valence-electron chi connectivity index (χ0n) is 21.0. The molecule has 2 heterocycles. The normalized spacial score (nSPS) is 16.7. The first kappa shape index (κ1) is 25.9. The fraction of sp³-hybridized carbons (Fsp3) is 0.259. The molecule has 0 saturated carbocycles. The summed E-state index contributed by atoms with van der Waals surface area (Å²) in [5.41, 5.74) is 1.94. The Balaban J connectivity index is 1.91. The molecule has 2 aromatic carbocycles. The van der Waals surface area contributed by atoms with Gasteiger partial charge in [0, 0.05) is 5.56 Å². The van der Waals surface area contributed by atoms with Crippen LogP contribution in [-0.4, -0.2) is 48.6 Å². The second-order valence-electron chi connectivity index (χ2n) is 8.26. The average molecular weight is 523 g/mol. The van der Waals surface area contributed by atoms with Crippen LogP contribution in [-0.2, 0) is 14.3 Å². The summed E-state index contributed by atoms with van der Waals surface area (Å²) < 4.78 is 15.7. The predicted molar refractivity (Wildman–Crippen MR) is 138 cm³/mol. The van der Waals surface area contributed by atoms with Gasteiger partial charge in [-0.05, 0) is 62.2 Å². The molecule has 10 heteroatoms. The molecule has 1 saturated heterocycles. The quantitative estimate of drug-likeness (QED) is 0.208. The molecule has 1 aliphatic rings. The smallest absolute Gasteiger partial charge is 0.350 e. The summed E-state index contributed by atoms with van der Waals surface area (Å²) in [5, 5.41) is 11.5. The third-order valence-electron chi connectivity index (χ3n) is 6.00. The maximum Gasteiger partial charge on any atom is 0.350 e. The molecule has 0 bridgehead atoms. The summed E-state index contributed by atoms with van der Waals surface area (Å²) in [5.74, 6) is -1.41. The minimum atomic E-state index is -0.992. The SMILES string of the molecule is CCOC(=O)c1sc(N2C(=O)C(=O)C(=C(O)c3ccc(OC)c(C)c3)[C@@H]2c2ccc(OC)cc2)nc1C. The van der Waals surface area contributed by atoms with Gasteiger partial charge in [-0.1, -0.05) is 23.5 Å². The van der Waals surface area contributed by atoms with Gasteiger partial charge in [0.05, 0.1) is 38.1 Å². The number of Topliss-reactive ketones (excluding diaryl/α,β-unsaturated/α-hetero) is 1. The van der Waals surface area contributed by atoms with Crippen molar-refractivity contribution < 1.29 is 33.7 Å². The van der Waals surface area contributed by atoms with E-state index in [9.17, 15) is 19.5 Å². The lowest BCUT2D eigenvalue weighted by Gasteiger charge is -2.23. The third-order valence-corrected chi connectivity index (χ3v) is 7.13. The van der Waals surface area contributed by atoms with E-state index in [-0.39, 0.29) is 27.9 Å². The highest BCUT2D eigenvalue weighted by atomic mass is 32.1. The van der Waals surface area contributed by atoms with Crippen LogP contribution in [0.3, 0.4) is 0 Å². The highest BCUT2D eigenvalue weighted by Crippen LogP contribution is 2.44. The number of esters is 1. The molecule has 1 amide bonds. The Morgan fingerprint density at radius 3 is 2.38 bits per heavy atom. The summed E-state index contributed by atoms with van der Waals surface area (Å²) in [7, 11) is 3.07. The maximum atomic E-state index is 13.4. The zero-order valence-corrected chi connectivity index (χ0v) is 21.8. The van der Waals surface area contributed by atoms with Gasteiger partial charge in [0.2, 0.25) is 0 Å². The Bertz CT molecular complexity index is 1410. The largest absolute Gasteiger partial charge is 0.507 e. The molecule has 1 aromatic heterocycles. The van der Waals surface area contributed by atoms with Gasteiger partial charge < -0.3 is 19.3 Å². The first-order valence-corrected chi connectivity index (χ1v) is 12.3. The number of aliphatic hydroxyl groups is 1. The summed E-state index contributed by atoms with van der Waals surface area (Å²) in [6, 6.07) is 10.8. The molecule has 1 atom stereocenters. The van der Waals surface area contributed by atoms with Crippen LogP contribution < -0.4 is 14.4 Å². The zero-order chi connectivity index (χ0) is 26.9. The van der Waals surface area contributed by atoms with Crippen LogP contribution in [0.4, 0.5) is 5.13 Å². The fourth-order valence-corrected chi connectivity index (χ4v) is 5.17. The van der Waals surface area contributed by atoms with E-state index in [0.717, 1.165) is 16.9 Å². The van der Waals surface area contributed by atoms with Crippen molar-refractivity contribution in [3.63, 3.8) is 0 Å². The molecule has 0 unspecified atom stereocenters. The topological polar surface area (TPSA) is 115 Å². The summed E-state index contributed by atoms with van der Waals surface area (Å²) >= 11 is 0.955. The lowest BCUT2D eigenvalue weighted by atomic mass is 9.95. The van der Waals surface area contributed by atoms with E-state index in [1.807, 2.05) is 6.92 Å². The molecule has 4 rings (SSSR count). The van der Waals surface area contributed by atoms with Gasteiger partial charge in [-0.2, -0.15) is 0 Å². The van der Waals surface area contributed by atoms with E-state index < -0.39 is 23.7 Å². The number of carbonyl (C=O) groups excluding carboxylic acids is 3. The number of ether oxygens (including phenoxy) is 3. The van der Waals surface area contributed by atoms with Crippen molar-refractivity contribution in [2.45, 2.75) is 26.8 Å². The van der Waals surface area contributed by atoms with Crippen LogP contribution >= 0.6 is 11.3 Å². The number of aliphatic hydroxyl groups excluding tert-OH is 1. The molecule has 192 valence electrons. The average Bonchev–Trinajstić information content (AvgIpc) is 3.40. The molecular weight excluding hydrogens is 496 g/mol. The van der Waals surface area contributed by atoms with Crippen molar-refractivity contribution in [1.29, 1.82) is 0 Å². The maximum absolute atomic E-state index is 13.4. The number of benzene rings is 2. The van der Waals surface area contributed by atoms with E-state index in [1.54, 1.807) is 56.3 Å². The van der Waals surface area contributed by atoms with Crippen LogP contribution in [0.1, 0.15) is 45.0 Å². The molecule has 0 aliphatic carbocycles. The minimum Gasteiger partial charge on any atom is -0.507 e. The standard InChI is InChI=1S/C27H26N2O7S/c1-6-36-26(33)24-15(3)28-27(37-24)29-21(16-7-10-18(34-4)11-8-16)20(23(31)25(29)32)22(30)17-9-12-19(35-5)14(2)13-17/h7-13,21,30H,6H2,1-5H3/t21-/m0/s1. The minimum absolute atomic E-state index is 0.0923. The van der Waals surface area contributed by atoms with Crippen LogP contribution in [0.2, 0.25) is 0 Å². The summed E-state index contributed by atoms with van der Waals surface area (Å²) in [4.78, 5) is 45.0. The molecule has 3 aromatic rings. The van der Waals surface area contributed by atoms with Gasteiger partial charge in [-0.25, -0.2) is 9.78 Å². The Morgan fingerprint density at radius 1 is 1.08 bits per heavy atom. The van der Waals surface area contributed by atoms with Gasteiger partial charge in [0.1, 0.15) is 22.1 Å². The molecule has 1 aliphatic heterocycles. The van der Waals surface area contributed by atoms with Crippen LogP contribution in [0.25, 0.3) is 5.76 Å². The fourth-order valence-electron chi connectivity index (χ4n) is 4.18. The number of hydrogen-bond donors (Lipinski definition) is 1. The Labute approximate surface area is 217 Å². The van der Waals surface area contributed by atoms with Gasteiger partial charge in [-0.3, -0.25) is 14.5 Å². The van der Waals surface area contributed by atoms with Crippen molar-refractivity contribution >= 4 is 39.9 Å². The van der Waals surface area contributed by atoms with Crippen LogP contribution in [0.5, 0.6) is 11.5 Å². The van der Waals surface area contributed by atoms with Crippen molar-refractivity contribution in [2.75, 3.05) is 25.7 Å². The summed E-state index contributed by atoms with van der Waals surface area (Å²) in [6.07, 6.45) is 0. The first-order chi connectivity index (χ1) is 17.7. The van der Waals surface area contributed by atoms with Crippen LogP contribution in [0, 0.1) is 13.8 Å². The molecule has 9 nitrogen and oxygen atoms in total. The van der Waals surface area contributed by atoms with Crippen molar-refractivity contribution in [2.24, 2.45) is 0 Å². The number of rotatable bonds is 7. The van der Waals surface area contributed by atoms with E-state index >= 15 is 0 Å². The molecule has 1 fully saturated rings. The van der Waals surface area contributed by atoms with Gasteiger partial charge in [0.25, 0.3) is 5.78 Å². The number of amides is 1. The van der Waals surface area contributed by atoms with Crippen molar-refractivity contribution in [3.8, 4) is 11.5 Å². The van der Waals surface area contributed by atoms with Crippen LogP contribution in [0.15, 0.2) is 48.0 Å². The predicted octanol–water partition coefficient (Wildman–Crippen LogP) is 4.58. The highest BCUT2D eigenvalue weighted by Gasteiger charge is 2.48. The lowest BCUT2D eigenvalue weighted by Crippen LogP contribution is -2.29. The molecule has 1 N–H and O–H groups in total. The second kappa shape index (κ2) is 10.4. The molecule has 37 heavy (non-hydrogen) atoms. The molecule has 0 spiro atoms. The number of aromatic nitrogens is 1. The van der Waals surface area contributed by atoms with Gasteiger partial charge in [-0.15, -0.1) is 0 Å². The number of carbonyl (C=O) groups is 3. The van der Waals surface area contributed by atoms with Crippen molar-refractivity contribution in [1.82, 2.24) is 4.98 Å². The van der Waals surface area contributed by atoms with E-state index in [0.29, 0.717) is 28.3 Å². The number of nitrogens with zero attached hydrogens (tertiary/aromatic N) is 2. The van der Waals surface area contributed by atoms with E-state index in [2.05, 4.69) is 4.98 Å². The van der Waals surface area contributed by atoms with Gasteiger partial charge in [0.15, 0.2) is 5.13 Å². The number of methoxy groups -OCH3 is 2. The third kappa shape index (κ3) is 4.67. The van der Waals surface area contributed by atoms with Crippen molar-refractivity contribution in [3.05, 3.63) is 75.3 Å². The van der Waals surface area contributed by atoms with Gasteiger partial charge >= 0.3 is 11.9 Å². The summed E-state index contributed by atoms with van der Waals surface area (Å²) in [6.45, 7) is 5.32. The molecular formula is C27H26N2O7S. The Morgan fingerprint density at radius 2 is 1.78 bits per heavy atom. The Hall–Kier alpha value is -4.18. The monoisotopic (exact) mass is 522 g/mol. The number of thiazole rings is 1. The highest BCUT2D eigenvalue weighted by molar-refractivity contribution is 7.17. The Kier molecular flexibility index (Phi) is 7.30. The van der Waals surface area contributed by atoms with E-state index in [4.69, 9.17) is 14.2 Å². The first-order valence-electron chi connectivity index (χ1n) is 11.5. The number of ketones is 1. The number of aryl methyl sites for hydroxylation is 2. The van der Waals surface area contributed by atoms with E-state index in [1.165, 1.54) is 19.1 Å². The number of hydrogen-bond acceptors (Lipinski definition) is 9. The lowest BCUT2D eigenvalue weighted by molar-refractivity contribution is -0.132. The number of anilines is 1. The second-order valence-corrected chi connectivity index (χ2v) is 9.24. The molecule has 0 radical (unpaired) electrons.